The molecule has 0 aliphatic carbocycles. The summed E-state index contributed by atoms with van der Waals surface area (Å²) in [4.78, 5) is 39.8. The Morgan fingerprint density at radius 2 is 0.792 bits per heavy atom. The summed E-state index contributed by atoms with van der Waals surface area (Å²) in [5.74, 6) is -5.02. The molecule has 140 valence electrons. The van der Waals surface area contributed by atoms with Gasteiger partial charge in [-0.3, -0.25) is 9.59 Å². The van der Waals surface area contributed by atoms with E-state index >= 15 is 0 Å². The van der Waals surface area contributed by atoms with Crippen molar-refractivity contribution in [3.05, 3.63) is 0 Å². The lowest BCUT2D eigenvalue weighted by molar-refractivity contribution is -0.165. The van der Waals surface area contributed by atoms with E-state index in [2.05, 4.69) is 0 Å². The molecule has 0 spiro atoms. The van der Waals surface area contributed by atoms with Gasteiger partial charge in [0.25, 0.3) is 0 Å². The van der Waals surface area contributed by atoms with Crippen LogP contribution in [0, 0.1) is 0 Å². The molecule has 2 atom stereocenters. The summed E-state index contributed by atoms with van der Waals surface area (Å²) >= 11 is 0. The Kier molecular flexibility index (Phi) is 14.4. The Morgan fingerprint density at radius 1 is 0.542 bits per heavy atom. The fourth-order valence-electron chi connectivity index (χ4n) is 1.53. The first-order chi connectivity index (χ1) is 11.1. The van der Waals surface area contributed by atoms with Crippen LogP contribution in [-0.2, 0) is 19.2 Å². The van der Waals surface area contributed by atoms with Crippen LogP contribution >= 0.6 is 0 Å². The summed E-state index contributed by atoms with van der Waals surface area (Å²) in [7, 11) is 0. The van der Waals surface area contributed by atoms with E-state index in [1.807, 2.05) is 0 Å². The largest absolute Gasteiger partial charge is 0.481 e. The minimum atomic E-state index is -2.27. The molecule has 0 fully saturated rings. The maximum Gasteiger partial charge on any atom is 0.335 e. The standard InChI is InChI=1S/C10H18O4.C4H6O6/c11-9(12)7-5-3-1-2-4-6-8-10(13)14;5-1(3(7)8)2(6)4(9)10/h1-8H2,(H,11,12)(H,13,14);1-2,5-6H,(H,7,8)(H,9,10)/t;1-,2-/m.0/s1. The second-order valence-electron chi connectivity index (χ2n) is 4.97. The summed E-state index contributed by atoms with van der Waals surface area (Å²) < 4.78 is 0. The molecule has 0 aliphatic heterocycles. The van der Waals surface area contributed by atoms with Gasteiger partial charge in [0, 0.05) is 12.8 Å². The van der Waals surface area contributed by atoms with Gasteiger partial charge in [-0.25, -0.2) is 9.59 Å². The first-order valence-electron chi connectivity index (χ1n) is 7.35. The van der Waals surface area contributed by atoms with Gasteiger partial charge in [-0.15, -0.1) is 0 Å². The van der Waals surface area contributed by atoms with E-state index in [1.54, 1.807) is 0 Å². The fraction of sp³-hybridized carbons (Fsp3) is 0.714. The molecular weight excluding hydrogens is 328 g/mol. The van der Waals surface area contributed by atoms with Gasteiger partial charge < -0.3 is 30.6 Å². The molecule has 0 aromatic carbocycles. The lowest BCUT2D eigenvalue weighted by atomic mass is 10.1. The molecular formula is C14H24O10. The third kappa shape index (κ3) is 16.2. The summed E-state index contributed by atoms with van der Waals surface area (Å²) in [5.41, 5.74) is 0. The minimum Gasteiger partial charge on any atom is -0.481 e. The molecule has 0 heterocycles. The van der Waals surface area contributed by atoms with Gasteiger partial charge >= 0.3 is 23.9 Å². The predicted molar refractivity (Wildman–Crippen MR) is 79.5 cm³/mol. The maximum absolute atomic E-state index is 10.1. The van der Waals surface area contributed by atoms with Crippen LogP contribution in [0.1, 0.15) is 51.4 Å². The Labute approximate surface area is 138 Å². The number of aliphatic hydroxyl groups is 2. The second-order valence-corrected chi connectivity index (χ2v) is 4.97. The van der Waals surface area contributed by atoms with Crippen LogP contribution in [0.4, 0.5) is 0 Å². The number of aliphatic carboxylic acids is 4. The monoisotopic (exact) mass is 352 g/mol. The van der Waals surface area contributed by atoms with E-state index in [4.69, 9.17) is 30.6 Å². The zero-order chi connectivity index (χ0) is 19.1. The lowest BCUT2D eigenvalue weighted by Gasteiger charge is -2.07. The third-order valence-electron chi connectivity index (χ3n) is 2.84. The van der Waals surface area contributed by atoms with Crippen LogP contribution in [0.25, 0.3) is 0 Å². The Balaban J connectivity index is 0. The molecule has 6 N–H and O–H groups in total. The van der Waals surface area contributed by atoms with Crippen molar-refractivity contribution in [2.24, 2.45) is 0 Å². The summed E-state index contributed by atoms with van der Waals surface area (Å²) in [5, 5.41) is 49.2. The lowest BCUT2D eigenvalue weighted by Crippen LogP contribution is -2.39. The third-order valence-corrected chi connectivity index (χ3v) is 2.84. The van der Waals surface area contributed by atoms with Crippen LogP contribution in [0.15, 0.2) is 0 Å². The molecule has 0 unspecified atom stereocenters. The van der Waals surface area contributed by atoms with Crippen LogP contribution in [0.2, 0.25) is 0 Å². The average Bonchev–Trinajstić information content (AvgIpc) is 2.48. The molecule has 10 nitrogen and oxygen atoms in total. The van der Waals surface area contributed by atoms with Gasteiger partial charge in [0.2, 0.25) is 0 Å². The first kappa shape index (κ1) is 24.1. The number of hydrogen-bond donors (Lipinski definition) is 6. The smallest absolute Gasteiger partial charge is 0.335 e. The van der Waals surface area contributed by atoms with E-state index in [1.165, 1.54) is 0 Å². The number of carbonyl (C=O) groups is 4. The normalized spacial score (nSPS) is 12.4. The number of hydrogen-bond acceptors (Lipinski definition) is 6. The van der Waals surface area contributed by atoms with Crippen LogP contribution in [0.5, 0.6) is 0 Å². The zero-order valence-electron chi connectivity index (χ0n) is 13.1. The molecule has 0 aliphatic rings. The van der Waals surface area contributed by atoms with Crippen molar-refractivity contribution >= 4 is 23.9 Å². The molecule has 0 saturated carbocycles. The van der Waals surface area contributed by atoms with Gasteiger partial charge in [0.05, 0.1) is 0 Å². The van der Waals surface area contributed by atoms with Gasteiger partial charge in [-0.1, -0.05) is 25.7 Å². The van der Waals surface area contributed by atoms with E-state index in [0.29, 0.717) is 0 Å². The van der Waals surface area contributed by atoms with Crippen LogP contribution < -0.4 is 0 Å². The first-order valence-corrected chi connectivity index (χ1v) is 7.35. The predicted octanol–water partition coefficient (Wildman–Crippen LogP) is 0.154. The Hall–Kier alpha value is -2.20. The van der Waals surface area contributed by atoms with E-state index in [0.717, 1.165) is 38.5 Å². The Morgan fingerprint density at radius 3 is 1.00 bits per heavy atom. The van der Waals surface area contributed by atoms with E-state index in [-0.39, 0.29) is 12.8 Å². The van der Waals surface area contributed by atoms with Crippen molar-refractivity contribution in [2.75, 3.05) is 0 Å². The van der Waals surface area contributed by atoms with E-state index < -0.39 is 36.1 Å². The fourth-order valence-corrected chi connectivity index (χ4v) is 1.53. The van der Waals surface area contributed by atoms with Crippen molar-refractivity contribution in [3.8, 4) is 0 Å². The number of carboxylic acid groups (broad SMARTS) is 4. The number of rotatable bonds is 12. The number of aliphatic hydroxyl groups excluding tert-OH is 2. The van der Waals surface area contributed by atoms with Crippen molar-refractivity contribution in [1.82, 2.24) is 0 Å². The second kappa shape index (κ2) is 14.4. The summed E-state index contributed by atoms with van der Waals surface area (Å²) in [6, 6.07) is 0. The van der Waals surface area contributed by atoms with Crippen molar-refractivity contribution < 1.29 is 49.8 Å². The molecule has 10 heteroatoms. The molecule has 0 aromatic rings. The zero-order valence-corrected chi connectivity index (χ0v) is 13.1. The molecule has 0 amide bonds. The highest BCUT2D eigenvalue weighted by Crippen LogP contribution is 2.08. The SMILES string of the molecule is O=C(O)CCCCCCCCC(=O)O.O=C(O)[C@@H](O)[C@H](O)C(=O)O. The molecule has 0 aromatic heterocycles. The highest BCUT2D eigenvalue weighted by atomic mass is 16.4. The van der Waals surface area contributed by atoms with Gasteiger partial charge in [0.15, 0.2) is 12.2 Å². The molecule has 0 saturated heterocycles. The van der Waals surface area contributed by atoms with Gasteiger partial charge in [-0.2, -0.15) is 0 Å². The van der Waals surface area contributed by atoms with Crippen LogP contribution in [0.3, 0.4) is 0 Å². The van der Waals surface area contributed by atoms with Crippen molar-refractivity contribution in [1.29, 1.82) is 0 Å². The molecule has 24 heavy (non-hydrogen) atoms. The quantitative estimate of drug-likeness (QED) is 0.264. The van der Waals surface area contributed by atoms with Crippen LogP contribution in [-0.4, -0.2) is 66.7 Å². The molecule has 0 radical (unpaired) electrons. The minimum absolute atomic E-state index is 0.245. The van der Waals surface area contributed by atoms with Crippen molar-refractivity contribution in [2.45, 2.75) is 63.6 Å². The topological polar surface area (TPSA) is 190 Å². The summed E-state index contributed by atoms with van der Waals surface area (Å²) in [6.45, 7) is 0. The number of unbranched alkanes of at least 4 members (excludes halogenated alkanes) is 5. The highest BCUT2D eigenvalue weighted by molar-refractivity contribution is 5.83. The maximum atomic E-state index is 10.1. The van der Waals surface area contributed by atoms with Crippen molar-refractivity contribution in [3.63, 3.8) is 0 Å². The molecule has 0 bridgehead atoms. The molecule has 0 rings (SSSR count). The van der Waals surface area contributed by atoms with Gasteiger partial charge in [-0.05, 0) is 12.8 Å². The number of carboxylic acids is 4. The van der Waals surface area contributed by atoms with E-state index in [9.17, 15) is 19.2 Å². The Bertz CT molecular complexity index is 368. The van der Waals surface area contributed by atoms with Gasteiger partial charge in [0.1, 0.15) is 0 Å². The average molecular weight is 352 g/mol. The summed E-state index contributed by atoms with van der Waals surface area (Å²) in [6.07, 6.45) is 1.29. The highest BCUT2D eigenvalue weighted by Gasteiger charge is 2.29.